The molecule has 0 unspecified atom stereocenters. The summed E-state index contributed by atoms with van der Waals surface area (Å²) in [4.78, 5) is 26.1. The van der Waals surface area contributed by atoms with Crippen LogP contribution in [0, 0.1) is 6.92 Å². The van der Waals surface area contributed by atoms with Gasteiger partial charge < -0.3 is 15.0 Å². The smallest absolute Gasteiger partial charge is 0.260 e. The fourth-order valence-electron chi connectivity index (χ4n) is 2.86. The molecule has 1 heterocycles. The van der Waals surface area contributed by atoms with Crippen molar-refractivity contribution in [1.29, 1.82) is 0 Å². The Morgan fingerprint density at radius 3 is 2.66 bits per heavy atom. The van der Waals surface area contributed by atoms with E-state index in [1.807, 2.05) is 72.9 Å². The lowest BCUT2D eigenvalue weighted by Crippen LogP contribution is -2.37. The number of ether oxygens (including phenoxy) is 1. The Kier molecular flexibility index (Phi) is 7.91. The van der Waals surface area contributed by atoms with Crippen molar-refractivity contribution in [1.82, 2.24) is 4.90 Å². The first-order chi connectivity index (χ1) is 13.9. The molecular formula is C21H23BrN2O3S2. The summed E-state index contributed by atoms with van der Waals surface area (Å²) < 4.78 is 7.11. The highest BCUT2D eigenvalue weighted by molar-refractivity contribution is 9.10. The third-order valence-corrected chi connectivity index (χ3v) is 7.98. The molecule has 0 aliphatic carbocycles. The van der Waals surface area contributed by atoms with Crippen LogP contribution in [0.4, 0.5) is 5.69 Å². The number of hydrogen-bond acceptors (Lipinski definition) is 5. The molecule has 2 aromatic carbocycles. The van der Waals surface area contributed by atoms with Crippen LogP contribution in [-0.4, -0.2) is 48.4 Å². The molecule has 0 saturated carbocycles. The molecular weight excluding hydrogens is 472 g/mol. The molecule has 1 aliphatic rings. The molecule has 1 aliphatic heterocycles. The minimum Gasteiger partial charge on any atom is -0.483 e. The molecule has 3 rings (SSSR count). The second-order valence-corrected chi connectivity index (χ2v) is 10.3. The molecule has 154 valence electrons. The number of likely N-dealkylation sites (N-methyl/N-ethyl adjacent to an activating group) is 1. The van der Waals surface area contributed by atoms with Crippen molar-refractivity contribution >= 4 is 57.0 Å². The van der Waals surface area contributed by atoms with Crippen LogP contribution in [0.1, 0.15) is 15.7 Å². The molecule has 0 radical (unpaired) electrons. The first kappa shape index (κ1) is 22.1. The van der Waals surface area contributed by atoms with Gasteiger partial charge in [0.25, 0.3) is 5.91 Å². The number of halogens is 1. The summed E-state index contributed by atoms with van der Waals surface area (Å²) in [6.07, 6.45) is 0. The zero-order valence-corrected chi connectivity index (χ0v) is 19.5. The van der Waals surface area contributed by atoms with Crippen molar-refractivity contribution in [3.63, 3.8) is 0 Å². The predicted molar refractivity (Wildman–Crippen MR) is 125 cm³/mol. The number of rotatable bonds is 7. The molecule has 0 bridgehead atoms. The number of benzene rings is 2. The van der Waals surface area contributed by atoms with E-state index < -0.39 is 0 Å². The van der Waals surface area contributed by atoms with E-state index in [2.05, 4.69) is 21.2 Å². The Hall–Kier alpha value is -1.64. The molecule has 5 nitrogen and oxygen atoms in total. The second-order valence-electron chi connectivity index (χ2n) is 6.66. The zero-order chi connectivity index (χ0) is 20.8. The van der Waals surface area contributed by atoms with Crippen LogP contribution in [0.5, 0.6) is 5.75 Å². The van der Waals surface area contributed by atoms with Crippen molar-refractivity contribution in [3.8, 4) is 5.75 Å². The fraction of sp³-hybridized carbons (Fsp3) is 0.333. The standard InChI is InChI=1S/C21H23BrN2O3S2/c1-14-11-15(22)7-8-17(14)23-19(25)12-24(2)20(26)13-27-18-6-4-3-5-16(18)21-28-9-10-29-21/h3-8,11,21H,9-10,12-13H2,1-2H3,(H,23,25). The lowest BCUT2D eigenvalue weighted by atomic mass is 10.2. The monoisotopic (exact) mass is 494 g/mol. The highest BCUT2D eigenvalue weighted by Crippen LogP contribution is 2.48. The highest BCUT2D eigenvalue weighted by Gasteiger charge is 2.22. The van der Waals surface area contributed by atoms with Crippen LogP contribution in [0.2, 0.25) is 0 Å². The average Bonchev–Trinajstić information content (AvgIpc) is 3.23. The van der Waals surface area contributed by atoms with Gasteiger partial charge in [0.15, 0.2) is 6.61 Å². The summed E-state index contributed by atoms with van der Waals surface area (Å²) in [6.45, 7) is 1.79. The number of anilines is 1. The maximum absolute atomic E-state index is 12.5. The predicted octanol–water partition coefficient (Wildman–Crippen LogP) is 4.71. The van der Waals surface area contributed by atoms with Gasteiger partial charge in [0.1, 0.15) is 5.75 Å². The molecule has 1 fully saturated rings. The Morgan fingerprint density at radius 2 is 1.93 bits per heavy atom. The lowest BCUT2D eigenvalue weighted by molar-refractivity contribution is -0.135. The number of nitrogens with zero attached hydrogens (tertiary/aromatic N) is 1. The third-order valence-electron chi connectivity index (χ3n) is 4.41. The molecule has 29 heavy (non-hydrogen) atoms. The van der Waals surface area contributed by atoms with Crippen molar-refractivity contribution in [2.45, 2.75) is 11.5 Å². The second kappa shape index (κ2) is 10.4. The Bertz CT molecular complexity index is 888. The van der Waals surface area contributed by atoms with E-state index in [0.29, 0.717) is 4.58 Å². The van der Waals surface area contributed by atoms with E-state index >= 15 is 0 Å². The van der Waals surface area contributed by atoms with E-state index in [0.717, 1.165) is 38.5 Å². The van der Waals surface area contributed by atoms with Gasteiger partial charge in [-0.25, -0.2) is 0 Å². The van der Waals surface area contributed by atoms with Crippen molar-refractivity contribution < 1.29 is 14.3 Å². The van der Waals surface area contributed by atoms with Crippen LogP contribution in [0.15, 0.2) is 46.9 Å². The van der Waals surface area contributed by atoms with Crippen LogP contribution < -0.4 is 10.1 Å². The van der Waals surface area contributed by atoms with Gasteiger partial charge in [0.05, 0.1) is 11.1 Å². The first-order valence-corrected chi connectivity index (χ1v) is 12.1. The SMILES string of the molecule is Cc1cc(Br)ccc1NC(=O)CN(C)C(=O)COc1ccccc1C1SCCS1. The highest BCUT2D eigenvalue weighted by atomic mass is 79.9. The van der Waals surface area contributed by atoms with Crippen LogP contribution in [0.3, 0.4) is 0 Å². The van der Waals surface area contributed by atoms with Crippen molar-refractivity contribution in [3.05, 3.63) is 58.1 Å². The lowest BCUT2D eigenvalue weighted by Gasteiger charge is -2.19. The number of hydrogen-bond donors (Lipinski definition) is 1. The van der Waals surface area contributed by atoms with Crippen LogP contribution >= 0.6 is 39.5 Å². The molecule has 1 N–H and O–H groups in total. The van der Waals surface area contributed by atoms with E-state index in [9.17, 15) is 9.59 Å². The van der Waals surface area contributed by atoms with Crippen LogP contribution in [-0.2, 0) is 9.59 Å². The number of aryl methyl sites for hydroxylation is 1. The van der Waals surface area contributed by atoms with E-state index in [4.69, 9.17) is 4.74 Å². The summed E-state index contributed by atoms with van der Waals surface area (Å²) in [5.74, 6) is 2.49. The maximum Gasteiger partial charge on any atom is 0.260 e. The fourth-order valence-corrected chi connectivity index (χ4v) is 6.24. The van der Waals surface area contributed by atoms with Gasteiger partial charge in [-0.2, -0.15) is 0 Å². The van der Waals surface area contributed by atoms with Gasteiger partial charge in [0.2, 0.25) is 5.91 Å². The molecule has 0 spiro atoms. The number of carbonyl (C=O) groups excluding carboxylic acids is 2. The molecule has 1 saturated heterocycles. The summed E-state index contributed by atoms with van der Waals surface area (Å²) in [5, 5.41) is 2.84. The zero-order valence-electron chi connectivity index (χ0n) is 16.3. The third kappa shape index (κ3) is 6.17. The van der Waals surface area contributed by atoms with Gasteiger partial charge in [0, 0.05) is 34.3 Å². The summed E-state index contributed by atoms with van der Waals surface area (Å²) >= 11 is 7.19. The van der Waals surface area contributed by atoms with Gasteiger partial charge in [-0.3, -0.25) is 9.59 Å². The van der Waals surface area contributed by atoms with Crippen LogP contribution in [0.25, 0.3) is 0 Å². The first-order valence-electron chi connectivity index (χ1n) is 9.19. The van der Waals surface area contributed by atoms with Gasteiger partial charge in [-0.05, 0) is 36.8 Å². The number of para-hydroxylation sites is 1. The number of nitrogens with one attached hydrogen (secondary N) is 1. The summed E-state index contributed by atoms with van der Waals surface area (Å²) in [5.41, 5.74) is 2.79. The molecule has 2 amide bonds. The van der Waals surface area contributed by atoms with E-state index in [1.165, 1.54) is 4.90 Å². The molecule has 0 atom stereocenters. The van der Waals surface area contributed by atoms with Gasteiger partial charge in [-0.1, -0.05) is 34.1 Å². The number of amides is 2. The molecule has 8 heteroatoms. The Balaban J connectivity index is 1.52. The summed E-state index contributed by atoms with van der Waals surface area (Å²) in [7, 11) is 1.61. The van der Waals surface area contributed by atoms with Crippen molar-refractivity contribution in [2.75, 3.05) is 37.0 Å². The number of carbonyl (C=O) groups is 2. The molecule has 0 aromatic heterocycles. The average molecular weight is 495 g/mol. The van der Waals surface area contributed by atoms with Crippen molar-refractivity contribution in [2.24, 2.45) is 0 Å². The topological polar surface area (TPSA) is 58.6 Å². The van der Waals surface area contributed by atoms with E-state index in [-0.39, 0.29) is 25.0 Å². The minimum atomic E-state index is -0.245. The van der Waals surface area contributed by atoms with E-state index in [1.54, 1.807) is 7.05 Å². The van der Waals surface area contributed by atoms with Gasteiger partial charge in [-0.15, -0.1) is 23.5 Å². The Morgan fingerprint density at radius 1 is 1.21 bits per heavy atom. The molecule has 2 aromatic rings. The normalized spacial score (nSPS) is 13.9. The minimum absolute atomic E-state index is 0.0341. The number of thioether (sulfide) groups is 2. The largest absolute Gasteiger partial charge is 0.483 e. The maximum atomic E-state index is 12.5. The van der Waals surface area contributed by atoms with Gasteiger partial charge >= 0.3 is 0 Å². The quantitative estimate of drug-likeness (QED) is 0.603. The Labute approximate surface area is 188 Å². The summed E-state index contributed by atoms with van der Waals surface area (Å²) in [6, 6.07) is 13.5.